The predicted molar refractivity (Wildman–Crippen MR) is 176 cm³/mol. The van der Waals surface area contributed by atoms with Crippen LogP contribution in [0.3, 0.4) is 0 Å². The van der Waals surface area contributed by atoms with Crippen LogP contribution in [-0.2, 0) is 25.5 Å². The van der Waals surface area contributed by atoms with Gasteiger partial charge in [0.25, 0.3) is 0 Å². The average Bonchev–Trinajstić information content (AvgIpc) is 3.08. The van der Waals surface area contributed by atoms with E-state index < -0.39 is 11.2 Å². The second kappa shape index (κ2) is 13.2. The Labute approximate surface area is 269 Å². The van der Waals surface area contributed by atoms with Crippen molar-refractivity contribution >= 4 is 23.4 Å². The summed E-state index contributed by atoms with van der Waals surface area (Å²) in [6.45, 7) is 14.4. The number of ketones is 2. The molecular weight excluding hydrogens is 564 g/mol. The van der Waals surface area contributed by atoms with Gasteiger partial charge < -0.3 is 4.74 Å². The van der Waals surface area contributed by atoms with E-state index in [1.165, 1.54) is 0 Å². The van der Waals surface area contributed by atoms with Crippen molar-refractivity contribution in [2.45, 2.75) is 111 Å². The molecule has 244 valence electrons. The van der Waals surface area contributed by atoms with E-state index in [0.717, 1.165) is 31.2 Å². The van der Waals surface area contributed by atoms with Gasteiger partial charge in [-0.3, -0.25) is 29.0 Å². The predicted octanol–water partition coefficient (Wildman–Crippen LogP) is 7.21. The first kappa shape index (κ1) is 34.6. The molecule has 7 nitrogen and oxygen atoms in total. The summed E-state index contributed by atoms with van der Waals surface area (Å²) in [5, 5.41) is 0. The molecule has 1 saturated heterocycles. The number of likely N-dealkylation sites (N-methyl/N-ethyl adjacent to an activating group) is 1. The number of amides is 1. The van der Waals surface area contributed by atoms with Crippen molar-refractivity contribution in [1.82, 2.24) is 9.80 Å². The molecule has 1 amide bonds. The van der Waals surface area contributed by atoms with Gasteiger partial charge in [-0.25, -0.2) is 0 Å². The summed E-state index contributed by atoms with van der Waals surface area (Å²) < 4.78 is 5.69. The summed E-state index contributed by atoms with van der Waals surface area (Å²) in [6, 6.07) is 16.8. The van der Waals surface area contributed by atoms with Gasteiger partial charge in [0.05, 0.1) is 11.2 Å². The quantitative estimate of drug-likeness (QED) is 0.185. The van der Waals surface area contributed by atoms with Crippen LogP contribution in [0, 0.1) is 16.7 Å². The van der Waals surface area contributed by atoms with Gasteiger partial charge >= 0.3 is 5.97 Å². The van der Waals surface area contributed by atoms with E-state index in [1.807, 2.05) is 94.2 Å². The summed E-state index contributed by atoms with van der Waals surface area (Å²) >= 11 is 0. The lowest BCUT2D eigenvalue weighted by molar-refractivity contribution is -0.157. The second-order valence-electron chi connectivity index (χ2n) is 15.6. The Balaban J connectivity index is 1.26. The molecule has 0 radical (unpaired) electrons. The molecule has 45 heavy (non-hydrogen) atoms. The molecule has 2 aliphatic rings. The normalized spacial score (nSPS) is 24.0. The number of hydrogen-bond donors (Lipinski definition) is 0. The minimum absolute atomic E-state index is 0.00374. The van der Waals surface area contributed by atoms with Crippen molar-refractivity contribution in [3.63, 3.8) is 0 Å². The van der Waals surface area contributed by atoms with E-state index in [4.69, 9.17) is 4.74 Å². The van der Waals surface area contributed by atoms with Crippen molar-refractivity contribution in [3.05, 3.63) is 71.3 Å². The molecule has 0 spiro atoms. The Bertz CT molecular complexity index is 1390. The summed E-state index contributed by atoms with van der Waals surface area (Å²) in [5.41, 5.74) is 1.16. The van der Waals surface area contributed by atoms with E-state index in [1.54, 1.807) is 4.90 Å². The number of carbonyl (C=O) groups excluding carboxylic acids is 4. The molecule has 0 N–H and O–H groups in total. The molecule has 1 aliphatic carbocycles. The van der Waals surface area contributed by atoms with Crippen LogP contribution < -0.4 is 0 Å². The Hall–Kier alpha value is -3.32. The standard InChI is InChI=1S/C38H52N2O5/c1-35(2)23-28(22-32(42)45-26-40-34(44)36(3,4)39(8)37(40,5)6)24-38(7,25-35)21-20-31(41)19-16-27-14-17-30(18-15-27)33(43)29-12-10-9-11-13-29/h9-15,17-18,28H,16,19-26H2,1-8H3. The number of esters is 1. The van der Waals surface area contributed by atoms with E-state index in [9.17, 15) is 19.2 Å². The molecule has 4 rings (SSSR count). The Morgan fingerprint density at radius 1 is 0.844 bits per heavy atom. The van der Waals surface area contributed by atoms with Crippen LogP contribution in [0.15, 0.2) is 54.6 Å². The molecule has 2 atom stereocenters. The molecule has 1 saturated carbocycles. The topological polar surface area (TPSA) is 84.0 Å². The van der Waals surface area contributed by atoms with Crippen molar-refractivity contribution in [2.75, 3.05) is 13.8 Å². The third kappa shape index (κ3) is 8.10. The monoisotopic (exact) mass is 616 g/mol. The summed E-state index contributed by atoms with van der Waals surface area (Å²) in [4.78, 5) is 55.3. The van der Waals surface area contributed by atoms with Gasteiger partial charge in [-0.15, -0.1) is 0 Å². The molecule has 2 fully saturated rings. The second-order valence-corrected chi connectivity index (χ2v) is 15.6. The highest BCUT2D eigenvalue weighted by molar-refractivity contribution is 6.08. The van der Waals surface area contributed by atoms with E-state index in [2.05, 4.69) is 20.8 Å². The number of rotatable bonds is 12. The van der Waals surface area contributed by atoms with Gasteiger partial charge in [0.1, 0.15) is 5.78 Å². The fourth-order valence-corrected chi connectivity index (χ4v) is 7.85. The van der Waals surface area contributed by atoms with Gasteiger partial charge in [0, 0.05) is 30.4 Å². The number of nitrogens with zero attached hydrogens (tertiary/aromatic N) is 2. The number of Topliss-reactive ketones (excluding diaryl/α,β-unsaturated/α-hetero) is 1. The third-order valence-electron chi connectivity index (χ3n) is 10.4. The molecule has 2 aromatic carbocycles. The molecule has 2 aromatic rings. The zero-order valence-electron chi connectivity index (χ0n) is 28.6. The zero-order chi connectivity index (χ0) is 33.2. The first-order chi connectivity index (χ1) is 20.9. The van der Waals surface area contributed by atoms with Crippen LogP contribution in [0.1, 0.15) is 115 Å². The number of ether oxygens (including phenoxy) is 1. The molecule has 2 unspecified atom stereocenters. The fourth-order valence-electron chi connectivity index (χ4n) is 7.85. The van der Waals surface area contributed by atoms with Gasteiger partial charge in [-0.2, -0.15) is 0 Å². The van der Waals surface area contributed by atoms with Gasteiger partial charge in [0.15, 0.2) is 12.5 Å². The Kier molecular flexibility index (Phi) is 10.1. The largest absolute Gasteiger partial charge is 0.444 e. The Morgan fingerprint density at radius 2 is 1.47 bits per heavy atom. The van der Waals surface area contributed by atoms with Crippen LogP contribution in [-0.4, -0.2) is 58.2 Å². The van der Waals surface area contributed by atoms with Crippen LogP contribution in [0.4, 0.5) is 0 Å². The van der Waals surface area contributed by atoms with Crippen molar-refractivity contribution in [2.24, 2.45) is 16.7 Å². The molecule has 1 aliphatic heterocycles. The van der Waals surface area contributed by atoms with Crippen LogP contribution in [0.2, 0.25) is 0 Å². The van der Waals surface area contributed by atoms with Crippen LogP contribution >= 0.6 is 0 Å². The van der Waals surface area contributed by atoms with Gasteiger partial charge in [0.2, 0.25) is 5.91 Å². The smallest absolute Gasteiger partial charge is 0.307 e. The highest BCUT2D eigenvalue weighted by atomic mass is 16.5. The molecule has 0 bridgehead atoms. The highest BCUT2D eigenvalue weighted by Crippen LogP contribution is 2.51. The highest BCUT2D eigenvalue weighted by Gasteiger charge is 2.54. The average molecular weight is 617 g/mol. The summed E-state index contributed by atoms with van der Waals surface area (Å²) in [5.74, 6) is 0.0826. The molecule has 0 aromatic heterocycles. The fraction of sp³-hybridized carbons (Fsp3) is 0.579. The van der Waals surface area contributed by atoms with Crippen LogP contribution in [0.25, 0.3) is 0 Å². The number of benzene rings is 2. The van der Waals surface area contributed by atoms with Gasteiger partial charge in [-0.05, 0) is 89.2 Å². The Morgan fingerprint density at radius 3 is 2.07 bits per heavy atom. The third-order valence-corrected chi connectivity index (χ3v) is 10.4. The van der Waals surface area contributed by atoms with Crippen molar-refractivity contribution in [1.29, 1.82) is 0 Å². The maximum absolute atomic E-state index is 13.0. The van der Waals surface area contributed by atoms with Crippen LogP contribution in [0.5, 0.6) is 0 Å². The SMILES string of the molecule is CN1C(C)(C)C(=O)N(COC(=O)CC2CC(C)(C)CC(C)(CCC(=O)CCc3ccc(C(=O)c4ccccc4)cc3)C2)C1(C)C. The van der Waals surface area contributed by atoms with Gasteiger partial charge in [-0.1, -0.05) is 75.4 Å². The first-order valence-electron chi connectivity index (χ1n) is 16.4. The molecular formula is C38H52N2O5. The summed E-state index contributed by atoms with van der Waals surface area (Å²) in [6.07, 6.45) is 5.56. The number of carbonyl (C=O) groups is 4. The summed E-state index contributed by atoms with van der Waals surface area (Å²) in [7, 11) is 1.92. The number of hydrogen-bond acceptors (Lipinski definition) is 6. The number of aryl methyl sites for hydroxylation is 1. The first-order valence-corrected chi connectivity index (χ1v) is 16.4. The van der Waals surface area contributed by atoms with E-state index in [-0.39, 0.29) is 46.9 Å². The maximum Gasteiger partial charge on any atom is 0.307 e. The minimum Gasteiger partial charge on any atom is -0.444 e. The zero-order valence-corrected chi connectivity index (χ0v) is 28.6. The van der Waals surface area contributed by atoms with Crippen molar-refractivity contribution in [3.8, 4) is 0 Å². The minimum atomic E-state index is -0.657. The lowest BCUT2D eigenvalue weighted by Gasteiger charge is -2.47. The molecule has 1 heterocycles. The van der Waals surface area contributed by atoms with E-state index >= 15 is 0 Å². The lowest BCUT2D eigenvalue weighted by Crippen LogP contribution is -2.50. The van der Waals surface area contributed by atoms with Crippen molar-refractivity contribution < 1.29 is 23.9 Å². The lowest BCUT2D eigenvalue weighted by atomic mass is 9.58. The van der Waals surface area contributed by atoms with E-state index in [0.29, 0.717) is 36.8 Å². The maximum atomic E-state index is 13.0. The molecule has 7 heteroatoms.